The summed E-state index contributed by atoms with van der Waals surface area (Å²) in [6, 6.07) is 2.68. The molecule has 0 heterocycles. The second-order valence-corrected chi connectivity index (χ2v) is 3.13. The molecule has 0 saturated heterocycles. The molecule has 0 aliphatic heterocycles. The van der Waals surface area contributed by atoms with Gasteiger partial charge in [0.1, 0.15) is 11.6 Å². The Morgan fingerprint density at radius 1 is 1.30 bits per heavy atom. The molecule has 0 unspecified atom stereocenters. The Bertz CT molecular complexity index is 231. The maximum atomic E-state index is 12.7. The topological polar surface area (TPSA) is 0 Å². The zero-order valence-corrected chi connectivity index (χ0v) is 7.45. The number of hydrogen-bond acceptors (Lipinski definition) is 0. The van der Waals surface area contributed by atoms with Crippen LogP contribution in [0.25, 0.3) is 0 Å². The number of rotatable bonds is 0. The van der Waals surface area contributed by atoms with E-state index < -0.39 is 11.6 Å². The van der Waals surface area contributed by atoms with Crippen LogP contribution in [0.5, 0.6) is 0 Å². The molecule has 10 heavy (non-hydrogen) atoms. The third-order valence-electron chi connectivity index (χ3n) is 1.27. The van der Waals surface area contributed by atoms with Crippen molar-refractivity contribution in [1.29, 1.82) is 0 Å². The summed E-state index contributed by atoms with van der Waals surface area (Å²) in [4.78, 5) is 0. The fourth-order valence-electron chi connectivity index (χ4n) is 0.628. The van der Waals surface area contributed by atoms with Crippen molar-refractivity contribution in [2.45, 2.75) is 6.92 Å². The fourth-order valence-corrected chi connectivity index (χ4v) is 1.21. The van der Waals surface area contributed by atoms with Crippen molar-refractivity contribution >= 4 is 22.6 Å². The highest BCUT2D eigenvalue weighted by Crippen LogP contribution is 2.16. The van der Waals surface area contributed by atoms with Crippen LogP contribution in [-0.2, 0) is 0 Å². The molecular formula is C7H5F2I. The normalized spacial score (nSPS) is 10.0. The monoisotopic (exact) mass is 254 g/mol. The smallest absolute Gasteiger partial charge is 0.142 e. The number of benzene rings is 1. The van der Waals surface area contributed by atoms with Crippen molar-refractivity contribution in [1.82, 2.24) is 0 Å². The first-order valence-corrected chi connectivity index (χ1v) is 3.81. The Morgan fingerprint density at radius 2 is 1.90 bits per heavy atom. The minimum absolute atomic E-state index is 0.0897. The lowest BCUT2D eigenvalue weighted by molar-refractivity contribution is 0.563. The summed E-state index contributed by atoms with van der Waals surface area (Å²) >= 11 is 1.82. The van der Waals surface area contributed by atoms with Gasteiger partial charge < -0.3 is 0 Å². The van der Waals surface area contributed by atoms with Gasteiger partial charge in [0, 0.05) is 9.13 Å². The van der Waals surface area contributed by atoms with E-state index in [1.54, 1.807) is 0 Å². The minimum Gasteiger partial charge on any atom is -0.207 e. The van der Waals surface area contributed by atoms with Crippen LogP contribution in [0.4, 0.5) is 8.78 Å². The van der Waals surface area contributed by atoms with Crippen molar-refractivity contribution in [3.63, 3.8) is 0 Å². The summed E-state index contributed by atoms with van der Waals surface area (Å²) in [6.07, 6.45) is 0. The molecule has 0 nitrogen and oxygen atoms in total. The van der Waals surface area contributed by atoms with Gasteiger partial charge in [-0.3, -0.25) is 0 Å². The van der Waals surface area contributed by atoms with Crippen LogP contribution in [0.2, 0.25) is 0 Å². The summed E-state index contributed by atoms with van der Waals surface area (Å²) < 4.78 is 25.7. The predicted molar refractivity (Wildman–Crippen MR) is 43.8 cm³/mol. The van der Waals surface area contributed by atoms with E-state index in [9.17, 15) is 8.78 Å². The molecule has 1 aromatic carbocycles. The van der Waals surface area contributed by atoms with Gasteiger partial charge in [0.2, 0.25) is 0 Å². The highest BCUT2D eigenvalue weighted by molar-refractivity contribution is 14.1. The summed E-state index contributed by atoms with van der Waals surface area (Å²) in [5.74, 6) is -0.946. The summed E-state index contributed by atoms with van der Waals surface area (Å²) in [6.45, 7) is 1.42. The molecule has 0 N–H and O–H groups in total. The standard InChI is InChI=1S/C7H5F2I/c1-4-5(8)2-3-6(10)7(4)9/h2-3H,1H3. The van der Waals surface area contributed by atoms with E-state index in [-0.39, 0.29) is 5.56 Å². The molecule has 1 rings (SSSR count). The van der Waals surface area contributed by atoms with Crippen molar-refractivity contribution in [3.8, 4) is 0 Å². The minimum atomic E-state index is -0.488. The van der Waals surface area contributed by atoms with Crippen LogP contribution in [0.15, 0.2) is 12.1 Å². The van der Waals surface area contributed by atoms with Crippen molar-refractivity contribution in [2.24, 2.45) is 0 Å². The lowest BCUT2D eigenvalue weighted by Gasteiger charge is -1.98. The molecule has 0 fully saturated rings. The van der Waals surface area contributed by atoms with Crippen LogP contribution in [-0.4, -0.2) is 0 Å². The van der Waals surface area contributed by atoms with E-state index >= 15 is 0 Å². The lowest BCUT2D eigenvalue weighted by Crippen LogP contribution is -1.90. The first kappa shape index (κ1) is 7.91. The first-order valence-electron chi connectivity index (χ1n) is 2.73. The van der Waals surface area contributed by atoms with Gasteiger partial charge in [0.25, 0.3) is 0 Å². The van der Waals surface area contributed by atoms with Crippen LogP contribution < -0.4 is 0 Å². The maximum Gasteiger partial charge on any atom is 0.142 e. The zero-order chi connectivity index (χ0) is 7.72. The molecular weight excluding hydrogens is 249 g/mol. The first-order chi connectivity index (χ1) is 4.63. The van der Waals surface area contributed by atoms with E-state index in [4.69, 9.17) is 0 Å². The highest BCUT2D eigenvalue weighted by Gasteiger charge is 2.05. The van der Waals surface area contributed by atoms with Gasteiger partial charge in [0.05, 0.1) is 0 Å². The molecule has 0 radical (unpaired) electrons. The van der Waals surface area contributed by atoms with Crippen molar-refractivity contribution in [3.05, 3.63) is 32.9 Å². The van der Waals surface area contributed by atoms with E-state index in [1.807, 2.05) is 22.6 Å². The molecule has 1 aromatic rings. The van der Waals surface area contributed by atoms with Gasteiger partial charge in [-0.05, 0) is 41.6 Å². The molecule has 3 heteroatoms. The summed E-state index contributed by atoms with van der Waals surface area (Å²) in [7, 11) is 0. The Balaban J connectivity index is 3.34. The molecule has 0 amide bonds. The molecule has 0 spiro atoms. The van der Waals surface area contributed by atoms with Crippen molar-refractivity contribution < 1.29 is 8.78 Å². The molecule has 0 aliphatic carbocycles. The quantitative estimate of drug-likeness (QED) is 0.493. The lowest BCUT2D eigenvalue weighted by atomic mass is 10.2. The highest BCUT2D eigenvalue weighted by atomic mass is 127. The van der Waals surface area contributed by atoms with Gasteiger partial charge in [-0.2, -0.15) is 0 Å². The predicted octanol–water partition coefficient (Wildman–Crippen LogP) is 2.88. The SMILES string of the molecule is Cc1c(F)ccc(I)c1F. The third kappa shape index (κ3) is 1.28. The second kappa shape index (κ2) is 2.82. The number of hydrogen-bond donors (Lipinski definition) is 0. The Labute approximate surface area is 71.4 Å². The van der Waals surface area contributed by atoms with Crippen LogP contribution in [0.3, 0.4) is 0 Å². The van der Waals surface area contributed by atoms with Gasteiger partial charge in [0.15, 0.2) is 0 Å². The third-order valence-corrected chi connectivity index (χ3v) is 2.11. The maximum absolute atomic E-state index is 12.7. The molecule has 0 bridgehead atoms. The summed E-state index contributed by atoms with van der Waals surface area (Å²) in [5, 5.41) is 0. The zero-order valence-electron chi connectivity index (χ0n) is 5.29. The van der Waals surface area contributed by atoms with Crippen molar-refractivity contribution in [2.75, 3.05) is 0 Å². The van der Waals surface area contributed by atoms with Gasteiger partial charge in [-0.1, -0.05) is 0 Å². The average Bonchev–Trinajstić information content (AvgIpc) is 1.93. The number of halogens is 3. The largest absolute Gasteiger partial charge is 0.207 e. The Kier molecular flexibility index (Phi) is 2.23. The average molecular weight is 254 g/mol. The van der Waals surface area contributed by atoms with Gasteiger partial charge in [-0.25, -0.2) is 8.78 Å². The second-order valence-electron chi connectivity index (χ2n) is 1.97. The Morgan fingerprint density at radius 3 is 2.40 bits per heavy atom. The van der Waals surface area contributed by atoms with E-state index in [1.165, 1.54) is 19.1 Å². The molecule has 0 aromatic heterocycles. The van der Waals surface area contributed by atoms with E-state index in [0.717, 1.165) is 0 Å². The molecule has 0 saturated carbocycles. The Hall–Kier alpha value is -0.190. The molecule has 54 valence electrons. The molecule has 0 atom stereocenters. The van der Waals surface area contributed by atoms with E-state index in [0.29, 0.717) is 3.57 Å². The fraction of sp³-hybridized carbons (Fsp3) is 0.143. The molecule has 0 aliphatic rings. The van der Waals surface area contributed by atoms with Crippen LogP contribution in [0, 0.1) is 22.1 Å². The van der Waals surface area contributed by atoms with Crippen LogP contribution >= 0.6 is 22.6 Å². The van der Waals surface area contributed by atoms with E-state index in [2.05, 4.69) is 0 Å². The summed E-state index contributed by atoms with van der Waals surface area (Å²) in [5.41, 5.74) is 0.0897. The van der Waals surface area contributed by atoms with Crippen LogP contribution in [0.1, 0.15) is 5.56 Å². The van der Waals surface area contributed by atoms with Gasteiger partial charge in [-0.15, -0.1) is 0 Å². The van der Waals surface area contributed by atoms with Gasteiger partial charge >= 0.3 is 0 Å².